The highest BCUT2D eigenvalue weighted by Gasteiger charge is 2.40. The third-order valence-electron chi connectivity index (χ3n) is 3.88. The van der Waals surface area contributed by atoms with Crippen LogP contribution in [0, 0.1) is 6.92 Å². The van der Waals surface area contributed by atoms with Crippen LogP contribution in [0.2, 0.25) is 0 Å². The van der Waals surface area contributed by atoms with E-state index in [4.69, 9.17) is 0 Å². The van der Waals surface area contributed by atoms with Gasteiger partial charge < -0.3 is 5.32 Å². The van der Waals surface area contributed by atoms with Gasteiger partial charge >= 0.3 is 0 Å². The molecule has 1 heterocycles. The van der Waals surface area contributed by atoms with Crippen LogP contribution < -0.4 is 10.2 Å². The van der Waals surface area contributed by atoms with Crippen LogP contribution in [0.1, 0.15) is 12.0 Å². The summed E-state index contributed by atoms with van der Waals surface area (Å²) in [4.78, 5) is 30.5. The van der Waals surface area contributed by atoms with Crippen molar-refractivity contribution in [2.24, 2.45) is 4.99 Å². The topological polar surface area (TPSA) is 61.8 Å². The zero-order chi connectivity index (χ0) is 17.8. The van der Waals surface area contributed by atoms with Gasteiger partial charge in [-0.15, -0.1) is 0 Å². The van der Waals surface area contributed by atoms with Crippen molar-refractivity contribution in [2.75, 3.05) is 17.3 Å². The first kappa shape index (κ1) is 17.2. The van der Waals surface area contributed by atoms with Crippen molar-refractivity contribution in [3.05, 3.63) is 60.2 Å². The number of hydrogen-bond acceptors (Lipinski definition) is 4. The molecule has 5 nitrogen and oxygen atoms in total. The Kier molecular flexibility index (Phi) is 5.19. The molecule has 128 valence electrons. The van der Waals surface area contributed by atoms with Gasteiger partial charge in [-0.2, -0.15) is 0 Å². The monoisotopic (exact) mass is 353 g/mol. The number of thioether (sulfide) groups is 1. The molecule has 1 unspecified atom stereocenters. The lowest BCUT2D eigenvalue weighted by Crippen LogP contribution is -2.31. The van der Waals surface area contributed by atoms with E-state index in [1.807, 2.05) is 49.4 Å². The van der Waals surface area contributed by atoms with Gasteiger partial charge in [-0.25, -0.2) is 4.90 Å². The molecule has 2 aromatic carbocycles. The molecule has 0 spiro atoms. The molecular formula is C19H19N3O2S. The maximum Gasteiger partial charge on any atom is 0.247 e. The highest BCUT2D eigenvalue weighted by atomic mass is 32.2. The number of hydrogen-bond donors (Lipinski definition) is 1. The average molecular weight is 353 g/mol. The molecule has 1 fully saturated rings. The maximum absolute atomic E-state index is 12.7. The fourth-order valence-electron chi connectivity index (χ4n) is 2.58. The first-order valence-electron chi connectivity index (χ1n) is 7.97. The Morgan fingerprint density at radius 3 is 2.44 bits per heavy atom. The van der Waals surface area contributed by atoms with E-state index in [-0.39, 0.29) is 18.2 Å². The lowest BCUT2D eigenvalue weighted by molar-refractivity contribution is -0.121. The molecule has 0 aliphatic carbocycles. The van der Waals surface area contributed by atoms with Gasteiger partial charge in [0.1, 0.15) is 5.25 Å². The van der Waals surface area contributed by atoms with Crippen molar-refractivity contribution in [1.82, 2.24) is 0 Å². The second kappa shape index (κ2) is 7.53. The Labute approximate surface area is 151 Å². The molecule has 6 heteroatoms. The molecule has 1 N–H and O–H groups in total. The van der Waals surface area contributed by atoms with Crippen molar-refractivity contribution < 1.29 is 9.59 Å². The quantitative estimate of drug-likeness (QED) is 0.521. The number of aliphatic imine (C=N–C) groups is 1. The summed E-state index contributed by atoms with van der Waals surface area (Å²) in [6.07, 6.45) is 0.173. The minimum Gasteiger partial charge on any atom is -0.335 e. The van der Waals surface area contributed by atoms with Gasteiger partial charge in [0, 0.05) is 19.2 Å². The Morgan fingerprint density at radius 2 is 1.80 bits per heavy atom. The predicted molar refractivity (Wildman–Crippen MR) is 103 cm³/mol. The second-order valence-corrected chi connectivity index (χ2v) is 6.92. The molecular weight excluding hydrogens is 334 g/mol. The van der Waals surface area contributed by atoms with Gasteiger partial charge in [0.05, 0.1) is 5.69 Å². The molecule has 0 saturated carbocycles. The lowest BCUT2D eigenvalue weighted by Gasteiger charge is -2.16. The van der Waals surface area contributed by atoms with Gasteiger partial charge in [-0.3, -0.25) is 14.6 Å². The SMILES string of the molecule is CN=C(Nc1ccccc1)SC1CC(=O)N(c2ccc(C)cc2)C1=O. The van der Waals surface area contributed by atoms with Crippen LogP contribution in [0.25, 0.3) is 0 Å². The Hall–Kier alpha value is -2.60. The normalized spacial score (nSPS) is 17.9. The van der Waals surface area contributed by atoms with Crippen LogP contribution in [0.15, 0.2) is 59.6 Å². The summed E-state index contributed by atoms with van der Waals surface area (Å²) in [5, 5.41) is 3.33. The summed E-state index contributed by atoms with van der Waals surface area (Å²) >= 11 is 1.29. The number of nitrogens with one attached hydrogen (secondary N) is 1. The molecule has 0 aromatic heterocycles. The van der Waals surface area contributed by atoms with Crippen molar-refractivity contribution in [2.45, 2.75) is 18.6 Å². The second-order valence-electron chi connectivity index (χ2n) is 5.73. The van der Waals surface area contributed by atoms with Crippen LogP contribution in [-0.2, 0) is 9.59 Å². The Morgan fingerprint density at radius 1 is 1.12 bits per heavy atom. The number of aryl methyl sites for hydroxylation is 1. The minimum atomic E-state index is -0.469. The molecule has 2 amide bonds. The number of amidine groups is 1. The van der Waals surface area contributed by atoms with E-state index >= 15 is 0 Å². The summed E-state index contributed by atoms with van der Waals surface area (Å²) in [5.41, 5.74) is 2.60. The summed E-state index contributed by atoms with van der Waals surface area (Å²) in [6.45, 7) is 1.97. The number of rotatable bonds is 3. The number of carbonyl (C=O) groups excluding carboxylic acids is 2. The largest absolute Gasteiger partial charge is 0.335 e. The summed E-state index contributed by atoms with van der Waals surface area (Å²) in [5.74, 6) is -0.378. The number of nitrogens with zero attached hydrogens (tertiary/aromatic N) is 2. The maximum atomic E-state index is 12.7. The van der Waals surface area contributed by atoms with Crippen LogP contribution >= 0.6 is 11.8 Å². The zero-order valence-corrected chi connectivity index (χ0v) is 14.9. The average Bonchev–Trinajstić information content (AvgIpc) is 2.90. The van der Waals surface area contributed by atoms with E-state index in [1.165, 1.54) is 16.7 Å². The molecule has 1 aliphatic heterocycles. The van der Waals surface area contributed by atoms with Gasteiger partial charge in [-0.05, 0) is 31.2 Å². The molecule has 25 heavy (non-hydrogen) atoms. The number of benzene rings is 2. The minimum absolute atomic E-state index is 0.173. The molecule has 0 radical (unpaired) electrons. The number of carbonyl (C=O) groups is 2. The molecule has 1 atom stereocenters. The molecule has 2 aromatic rings. The first-order chi connectivity index (χ1) is 12.1. The third kappa shape index (κ3) is 3.91. The number of amides is 2. The molecule has 0 bridgehead atoms. The van der Waals surface area contributed by atoms with Crippen molar-refractivity contribution in [1.29, 1.82) is 0 Å². The Balaban J connectivity index is 1.72. The summed E-state index contributed by atoms with van der Waals surface area (Å²) < 4.78 is 0. The number of imide groups is 1. The highest BCUT2D eigenvalue weighted by molar-refractivity contribution is 8.15. The van der Waals surface area contributed by atoms with Gasteiger partial charge in [0.15, 0.2) is 5.17 Å². The Bertz CT molecular complexity index is 803. The fraction of sp³-hybridized carbons (Fsp3) is 0.211. The first-order valence-corrected chi connectivity index (χ1v) is 8.85. The van der Waals surface area contributed by atoms with Gasteiger partial charge in [-0.1, -0.05) is 47.7 Å². The van der Waals surface area contributed by atoms with Crippen LogP contribution in [-0.4, -0.2) is 29.3 Å². The lowest BCUT2D eigenvalue weighted by atomic mass is 10.2. The van der Waals surface area contributed by atoms with E-state index < -0.39 is 5.25 Å². The highest BCUT2D eigenvalue weighted by Crippen LogP contribution is 2.30. The smallest absolute Gasteiger partial charge is 0.247 e. The van der Waals surface area contributed by atoms with Crippen LogP contribution in [0.3, 0.4) is 0 Å². The third-order valence-corrected chi connectivity index (χ3v) is 5.04. The van der Waals surface area contributed by atoms with E-state index in [2.05, 4.69) is 10.3 Å². The molecule has 1 saturated heterocycles. The van der Waals surface area contributed by atoms with E-state index in [0.29, 0.717) is 10.9 Å². The van der Waals surface area contributed by atoms with Crippen LogP contribution in [0.5, 0.6) is 0 Å². The number of para-hydroxylation sites is 1. The predicted octanol–water partition coefficient (Wildman–Crippen LogP) is 3.46. The standard InChI is InChI=1S/C19H19N3O2S/c1-13-8-10-15(11-9-13)22-17(23)12-16(18(22)24)25-19(20-2)21-14-6-4-3-5-7-14/h3-11,16H,12H2,1-2H3,(H,20,21). The summed E-state index contributed by atoms with van der Waals surface area (Å²) in [7, 11) is 1.66. The number of anilines is 2. The van der Waals surface area contributed by atoms with Crippen molar-refractivity contribution >= 4 is 40.1 Å². The van der Waals surface area contributed by atoms with Gasteiger partial charge in [0.2, 0.25) is 11.8 Å². The molecule has 3 rings (SSSR count). The van der Waals surface area contributed by atoms with E-state index in [9.17, 15) is 9.59 Å². The zero-order valence-electron chi connectivity index (χ0n) is 14.1. The van der Waals surface area contributed by atoms with Crippen molar-refractivity contribution in [3.63, 3.8) is 0 Å². The fourth-order valence-corrected chi connectivity index (χ4v) is 3.56. The summed E-state index contributed by atoms with van der Waals surface area (Å²) in [6, 6.07) is 17.0. The van der Waals surface area contributed by atoms with Crippen molar-refractivity contribution in [3.8, 4) is 0 Å². The van der Waals surface area contributed by atoms with E-state index in [0.717, 1.165) is 11.3 Å². The molecule has 1 aliphatic rings. The van der Waals surface area contributed by atoms with E-state index in [1.54, 1.807) is 19.2 Å². The van der Waals surface area contributed by atoms with Crippen LogP contribution in [0.4, 0.5) is 11.4 Å². The van der Waals surface area contributed by atoms with Gasteiger partial charge in [0.25, 0.3) is 0 Å².